The molecule has 0 aliphatic rings. The molecule has 3 nitrogen and oxygen atoms in total. The Labute approximate surface area is 86.1 Å². The second-order valence-electron chi connectivity index (χ2n) is 3.79. The molecule has 0 heterocycles. The standard InChI is InChI=1S/C11H20N2O/c1-5-9(4)6-13-7-10(12)11(14)8(2)3/h6-9H,5,12H2,1-4H3/b10-7-,13-6-. The normalized spacial score (nSPS) is 15.1. The van der Waals surface area contributed by atoms with Crippen LogP contribution in [0.25, 0.3) is 0 Å². The van der Waals surface area contributed by atoms with E-state index in [1.165, 1.54) is 6.20 Å². The van der Waals surface area contributed by atoms with Gasteiger partial charge >= 0.3 is 0 Å². The first kappa shape index (κ1) is 12.9. The molecule has 1 atom stereocenters. The van der Waals surface area contributed by atoms with Crippen LogP contribution in [0, 0.1) is 11.8 Å². The molecule has 1 unspecified atom stereocenters. The number of Topliss-reactive ketones (excluding diaryl/α,β-unsaturated/α-hetero) is 1. The van der Waals surface area contributed by atoms with E-state index in [1.807, 2.05) is 13.8 Å². The fourth-order valence-electron chi connectivity index (χ4n) is 0.773. The van der Waals surface area contributed by atoms with Crippen LogP contribution < -0.4 is 5.73 Å². The van der Waals surface area contributed by atoms with Gasteiger partial charge in [0.2, 0.25) is 0 Å². The lowest BCUT2D eigenvalue weighted by Crippen LogP contribution is -2.16. The molecule has 0 aromatic heterocycles. The summed E-state index contributed by atoms with van der Waals surface area (Å²) in [5, 5.41) is 0. The highest BCUT2D eigenvalue weighted by molar-refractivity contribution is 5.95. The summed E-state index contributed by atoms with van der Waals surface area (Å²) in [6, 6.07) is 0. The Balaban J connectivity index is 4.25. The number of hydrogen-bond donors (Lipinski definition) is 1. The number of carbonyl (C=O) groups is 1. The minimum absolute atomic E-state index is 0.0497. The number of nitrogens with zero attached hydrogens (tertiary/aromatic N) is 1. The van der Waals surface area contributed by atoms with Crippen molar-refractivity contribution < 1.29 is 4.79 Å². The number of nitrogens with two attached hydrogens (primary N) is 1. The third kappa shape index (κ3) is 4.80. The lowest BCUT2D eigenvalue weighted by Gasteiger charge is -2.02. The average Bonchev–Trinajstić information content (AvgIpc) is 2.15. The molecular weight excluding hydrogens is 176 g/mol. The maximum absolute atomic E-state index is 11.3. The molecule has 0 rings (SSSR count). The molecule has 3 heteroatoms. The van der Waals surface area contributed by atoms with Crippen LogP contribution in [0.1, 0.15) is 34.1 Å². The van der Waals surface area contributed by atoms with E-state index >= 15 is 0 Å². The van der Waals surface area contributed by atoms with E-state index < -0.39 is 0 Å². The van der Waals surface area contributed by atoms with E-state index in [0.29, 0.717) is 5.92 Å². The number of ketones is 1. The van der Waals surface area contributed by atoms with Crippen molar-refractivity contribution in [2.24, 2.45) is 22.6 Å². The third-order valence-electron chi connectivity index (χ3n) is 2.01. The SMILES string of the molecule is CCC(C)/C=N\C=C(/N)C(=O)C(C)C. The molecule has 0 aliphatic heterocycles. The highest BCUT2D eigenvalue weighted by Crippen LogP contribution is 2.01. The van der Waals surface area contributed by atoms with Crippen molar-refractivity contribution in [2.45, 2.75) is 34.1 Å². The third-order valence-corrected chi connectivity index (χ3v) is 2.01. The van der Waals surface area contributed by atoms with Crippen LogP contribution in [0.15, 0.2) is 16.9 Å². The Morgan fingerprint density at radius 1 is 1.43 bits per heavy atom. The van der Waals surface area contributed by atoms with Crippen molar-refractivity contribution in [1.29, 1.82) is 0 Å². The summed E-state index contributed by atoms with van der Waals surface area (Å²) in [6.07, 6.45) is 4.28. The van der Waals surface area contributed by atoms with E-state index in [0.717, 1.165) is 6.42 Å². The van der Waals surface area contributed by atoms with Gasteiger partial charge in [-0.2, -0.15) is 0 Å². The second kappa shape index (κ2) is 6.35. The van der Waals surface area contributed by atoms with E-state index in [2.05, 4.69) is 18.8 Å². The van der Waals surface area contributed by atoms with E-state index in [1.54, 1.807) is 6.21 Å². The van der Waals surface area contributed by atoms with Gasteiger partial charge in [0.25, 0.3) is 0 Å². The van der Waals surface area contributed by atoms with Gasteiger partial charge in [-0.25, -0.2) is 0 Å². The van der Waals surface area contributed by atoms with Crippen LogP contribution in [0.5, 0.6) is 0 Å². The monoisotopic (exact) mass is 196 g/mol. The van der Waals surface area contributed by atoms with Gasteiger partial charge in [-0.05, 0) is 12.3 Å². The van der Waals surface area contributed by atoms with Crippen molar-refractivity contribution in [1.82, 2.24) is 0 Å². The Kier molecular flexibility index (Phi) is 5.84. The summed E-state index contributed by atoms with van der Waals surface area (Å²) < 4.78 is 0. The summed E-state index contributed by atoms with van der Waals surface area (Å²) in [6.45, 7) is 7.80. The Morgan fingerprint density at radius 3 is 2.43 bits per heavy atom. The number of hydrogen-bond acceptors (Lipinski definition) is 3. The molecule has 0 bridgehead atoms. The van der Waals surface area contributed by atoms with Crippen LogP contribution >= 0.6 is 0 Å². The van der Waals surface area contributed by atoms with Crippen molar-refractivity contribution >= 4 is 12.0 Å². The molecule has 0 radical (unpaired) electrons. The minimum atomic E-state index is -0.0648. The average molecular weight is 196 g/mol. The van der Waals surface area contributed by atoms with Gasteiger partial charge < -0.3 is 5.73 Å². The predicted molar refractivity (Wildman–Crippen MR) is 60.1 cm³/mol. The summed E-state index contributed by atoms with van der Waals surface area (Å²) in [5.41, 5.74) is 5.78. The molecule has 0 spiro atoms. The zero-order chi connectivity index (χ0) is 11.1. The molecule has 14 heavy (non-hydrogen) atoms. The molecule has 80 valence electrons. The first-order valence-corrected chi connectivity index (χ1v) is 5.02. The molecule has 0 aromatic carbocycles. The van der Waals surface area contributed by atoms with Gasteiger partial charge in [0, 0.05) is 12.1 Å². The summed E-state index contributed by atoms with van der Waals surface area (Å²) in [5.74, 6) is 0.310. The molecular formula is C11H20N2O. The van der Waals surface area contributed by atoms with Gasteiger partial charge in [-0.3, -0.25) is 9.79 Å². The molecule has 2 N–H and O–H groups in total. The molecule has 0 aliphatic carbocycles. The van der Waals surface area contributed by atoms with Gasteiger partial charge in [-0.15, -0.1) is 0 Å². The lowest BCUT2D eigenvalue weighted by atomic mass is 10.1. The zero-order valence-corrected chi connectivity index (χ0v) is 9.45. The Morgan fingerprint density at radius 2 is 2.00 bits per heavy atom. The maximum atomic E-state index is 11.3. The molecule has 0 saturated carbocycles. The fraction of sp³-hybridized carbons (Fsp3) is 0.636. The summed E-state index contributed by atoms with van der Waals surface area (Å²) >= 11 is 0. The molecule has 0 fully saturated rings. The van der Waals surface area contributed by atoms with Crippen LogP contribution in [-0.4, -0.2) is 12.0 Å². The first-order chi connectivity index (χ1) is 6.49. The zero-order valence-electron chi connectivity index (χ0n) is 9.45. The van der Waals surface area contributed by atoms with Gasteiger partial charge in [0.15, 0.2) is 5.78 Å². The van der Waals surface area contributed by atoms with Crippen molar-refractivity contribution in [3.8, 4) is 0 Å². The van der Waals surface area contributed by atoms with Gasteiger partial charge in [-0.1, -0.05) is 27.7 Å². The van der Waals surface area contributed by atoms with Gasteiger partial charge in [0.05, 0.1) is 11.9 Å². The largest absolute Gasteiger partial charge is 0.395 e. The smallest absolute Gasteiger partial charge is 0.182 e. The molecule has 0 amide bonds. The van der Waals surface area contributed by atoms with Crippen LogP contribution in [0.3, 0.4) is 0 Å². The topological polar surface area (TPSA) is 55.4 Å². The number of carbonyl (C=O) groups excluding carboxylic acids is 1. The van der Waals surface area contributed by atoms with Crippen LogP contribution in [-0.2, 0) is 4.79 Å². The Hall–Kier alpha value is -1.12. The second-order valence-corrected chi connectivity index (χ2v) is 3.79. The first-order valence-electron chi connectivity index (χ1n) is 5.02. The van der Waals surface area contributed by atoms with E-state index in [-0.39, 0.29) is 17.4 Å². The fourth-order valence-corrected chi connectivity index (χ4v) is 0.773. The van der Waals surface area contributed by atoms with Crippen molar-refractivity contribution in [2.75, 3.05) is 0 Å². The highest BCUT2D eigenvalue weighted by atomic mass is 16.1. The van der Waals surface area contributed by atoms with Gasteiger partial charge in [0.1, 0.15) is 0 Å². The number of allylic oxidation sites excluding steroid dienone is 1. The lowest BCUT2D eigenvalue weighted by molar-refractivity contribution is -0.118. The number of aliphatic imine (C=N–C) groups is 1. The summed E-state index contributed by atoms with van der Waals surface area (Å²) in [7, 11) is 0. The highest BCUT2D eigenvalue weighted by Gasteiger charge is 2.09. The summed E-state index contributed by atoms with van der Waals surface area (Å²) in [4.78, 5) is 15.3. The predicted octanol–water partition coefficient (Wildman–Crippen LogP) is 2.13. The number of rotatable bonds is 5. The van der Waals surface area contributed by atoms with Crippen LogP contribution in [0.4, 0.5) is 0 Å². The Bertz CT molecular complexity index is 242. The van der Waals surface area contributed by atoms with Crippen LogP contribution in [0.2, 0.25) is 0 Å². The van der Waals surface area contributed by atoms with Crippen molar-refractivity contribution in [3.63, 3.8) is 0 Å². The minimum Gasteiger partial charge on any atom is -0.395 e. The van der Waals surface area contributed by atoms with Crippen molar-refractivity contribution in [3.05, 3.63) is 11.9 Å². The van der Waals surface area contributed by atoms with E-state index in [9.17, 15) is 4.79 Å². The maximum Gasteiger partial charge on any atom is 0.182 e. The molecule has 0 aromatic rings. The molecule has 0 saturated heterocycles. The van der Waals surface area contributed by atoms with E-state index in [4.69, 9.17) is 5.73 Å². The quantitative estimate of drug-likeness (QED) is 0.541.